The van der Waals surface area contributed by atoms with Crippen LogP contribution in [0.3, 0.4) is 0 Å². The summed E-state index contributed by atoms with van der Waals surface area (Å²) in [5, 5.41) is 0.615. The van der Waals surface area contributed by atoms with E-state index in [1.54, 1.807) is 16.7 Å². The molecule has 0 aliphatic carbocycles. The molecule has 226 valence electrons. The van der Waals surface area contributed by atoms with Gasteiger partial charge < -0.3 is 19.4 Å². The van der Waals surface area contributed by atoms with Crippen LogP contribution >= 0.6 is 27.5 Å². The molecule has 5 rings (SSSR count). The minimum absolute atomic E-state index is 0.0561. The summed E-state index contributed by atoms with van der Waals surface area (Å²) < 4.78 is 6.89. The number of benzene rings is 2. The molecular formula is C32H40BrClN4O4. The summed E-state index contributed by atoms with van der Waals surface area (Å²) >= 11 is 9.97. The highest BCUT2D eigenvalue weighted by Crippen LogP contribution is 2.33. The van der Waals surface area contributed by atoms with Crippen molar-refractivity contribution in [1.82, 2.24) is 14.7 Å². The van der Waals surface area contributed by atoms with Gasteiger partial charge in [0.2, 0.25) is 5.91 Å². The van der Waals surface area contributed by atoms with Gasteiger partial charge >= 0.3 is 6.09 Å². The number of ether oxygens (including phenoxy) is 1. The van der Waals surface area contributed by atoms with Gasteiger partial charge in [-0.1, -0.05) is 39.7 Å². The Morgan fingerprint density at radius 3 is 2.33 bits per heavy atom. The van der Waals surface area contributed by atoms with Gasteiger partial charge in [0.25, 0.3) is 5.91 Å². The Hall–Kier alpha value is -2.62. The molecule has 8 nitrogen and oxygen atoms in total. The summed E-state index contributed by atoms with van der Waals surface area (Å²) in [5.74, 6) is 1.12. The Morgan fingerprint density at radius 1 is 1.00 bits per heavy atom. The van der Waals surface area contributed by atoms with Crippen molar-refractivity contribution in [3.63, 3.8) is 0 Å². The number of rotatable bonds is 7. The lowest BCUT2D eigenvalue weighted by Gasteiger charge is -2.32. The van der Waals surface area contributed by atoms with Gasteiger partial charge in [-0.05, 0) is 74.0 Å². The van der Waals surface area contributed by atoms with Gasteiger partial charge in [-0.3, -0.25) is 14.5 Å². The molecule has 2 aromatic rings. The number of hydrogen-bond acceptors (Lipinski definition) is 5. The number of fused-ring (bicyclic) bond motifs is 1. The predicted octanol–water partition coefficient (Wildman–Crippen LogP) is 5.77. The second-order valence-corrected chi connectivity index (χ2v) is 13.2. The molecule has 3 amide bonds. The third-order valence-electron chi connectivity index (χ3n) is 9.05. The lowest BCUT2D eigenvalue weighted by Crippen LogP contribution is -2.43. The van der Waals surface area contributed by atoms with Crippen LogP contribution in [0.5, 0.6) is 0 Å². The van der Waals surface area contributed by atoms with Crippen molar-refractivity contribution in [1.29, 1.82) is 0 Å². The molecule has 0 radical (unpaired) electrons. The number of halogens is 2. The molecule has 3 aliphatic heterocycles. The first-order valence-corrected chi connectivity index (χ1v) is 16.0. The predicted molar refractivity (Wildman–Crippen MR) is 168 cm³/mol. The van der Waals surface area contributed by atoms with Gasteiger partial charge in [-0.25, -0.2) is 4.79 Å². The third-order valence-corrected chi connectivity index (χ3v) is 10.3. The molecule has 3 saturated heterocycles. The number of piperidine rings is 1. The number of carbonyl (C=O) groups is 3. The maximum atomic E-state index is 13.4. The summed E-state index contributed by atoms with van der Waals surface area (Å²) in [6.45, 7) is 11.6. The Kier molecular flexibility index (Phi) is 9.80. The highest BCUT2D eigenvalue weighted by atomic mass is 79.9. The fourth-order valence-electron chi connectivity index (χ4n) is 6.47. The van der Waals surface area contributed by atoms with E-state index in [-0.39, 0.29) is 24.0 Å². The number of hydrogen-bond donors (Lipinski definition) is 0. The van der Waals surface area contributed by atoms with E-state index in [2.05, 4.69) is 20.8 Å². The average Bonchev–Trinajstić information content (AvgIpc) is 3.53. The van der Waals surface area contributed by atoms with Crippen molar-refractivity contribution in [2.45, 2.75) is 46.1 Å². The lowest BCUT2D eigenvalue weighted by molar-refractivity contribution is -0.130. The molecule has 2 aromatic carbocycles. The lowest BCUT2D eigenvalue weighted by atomic mass is 10.0. The minimum Gasteiger partial charge on any atom is -0.446 e. The first-order valence-electron chi connectivity index (χ1n) is 14.9. The summed E-state index contributed by atoms with van der Waals surface area (Å²) in [6.07, 6.45) is 1.51. The Balaban J connectivity index is 1.15. The molecule has 2 unspecified atom stereocenters. The zero-order valence-electron chi connectivity index (χ0n) is 24.7. The monoisotopic (exact) mass is 658 g/mol. The zero-order chi connectivity index (χ0) is 30.0. The van der Waals surface area contributed by atoms with Gasteiger partial charge in [-0.2, -0.15) is 0 Å². The van der Waals surface area contributed by atoms with E-state index in [9.17, 15) is 14.4 Å². The fourth-order valence-corrected chi connectivity index (χ4v) is 7.01. The van der Waals surface area contributed by atoms with Crippen molar-refractivity contribution in [3.05, 3.63) is 62.6 Å². The summed E-state index contributed by atoms with van der Waals surface area (Å²) in [6, 6.07) is 11.5. The molecular weight excluding hydrogens is 620 g/mol. The van der Waals surface area contributed by atoms with E-state index in [1.807, 2.05) is 55.1 Å². The summed E-state index contributed by atoms with van der Waals surface area (Å²) in [4.78, 5) is 46.3. The van der Waals surface area contributed by atoms with E-state index < -0.39 is 0 Å². The van der Waals surface area contributed by atoms with Gasteiger partial charge in [0.05, 0.1) is 0 Å². The topological polar surface area (TPSA) is 73.4 Å². The quantitative estimate of drug-likeness (QED) is 0.378. The maximum Gasteiger partial charge on any atom is 0.414 e. The highest BCUT2D eigenvalue weighted by Gasteiger charge is 2.41. The highest BCUT2D eigenvalue weighted by molar-refractivity contribution is 9.10. The molecule has 3 heterocycles. The van der Waals surface area contributed by atoms with E-state index in [1.165, 1.54) is 0 Å². The number of carbonyl (C=O) groups excluding carboxylic acids is 3. The normalized spacial score (nSPS) is 21.0. The van der Waals surface area contributed by atoms with Crippen molar-refractivity contribution in [2.24, 2.45) is 11.8 Å². The standard InChI is InChI=1S/C32H40BrClN4O4/c1-21-8-9-26(16-30(21)34)38(32(41)42-27-10-14-36(15-11-27)23(3)39)13-5-12-35-17-24-19-37(20-25(24)18-35)31(40)28-6-4-7-29(33)22(28)2/h4,6-9,16,24-25,27H,5,10-15,17-20H2,1-3H3. The number of amides is 3. The van der Waals surface area contributed by atoms with Crippen LogP contribution in [0.25, 0.3) is 0 Å². The Morgan fingerprint density at radius 2 is 1.69 bits per heavy atom. The first kappa shape index (κ1) is 30.8. The molecule has 2 atom stereocenters. The number of anilines is 1. The van der Waals surface area contributed by atoms with Crippen LogP contribution in [-0.2, 0) is 9.53 Å². The maximum absolute atomic E-state index is 13.4. The van der Waals surface area contributed by atoms with Gasteiger partial charge in [-0.15, -0.1) is 0 Å². The molecule has 0 bridgehead atoms. The molecule has 3 fully saturated rings. The molecule has 42 heavy (non-hydrogen) atoms. The zero-order valence-corrected chi connectivity index (χ0v) is 27.0. The minimum atomic E-state index is -0.369. The molecule has 3 aliphatic rings. The van der Waals surface area contributed by atoms with Gasteiger partial charge in [0.1, 0.15) is 6.10 Å². The average molecular weight is 660 g/mol. The van der Waals surface area contributed by atoms with Crippen molar-refractivity contribution in [3.8, 4) is 0 Å². The van der Waals surface area contributed by atoms with E-state index in [0.29, 0.717) is 49.3 Å². The van der Waals surface area contributed by atoms with Crippen LogP contribution in [0.2, 0.25) is 5.02 Å². The number of aryl methyl sites for hydroxylation is 1. The number of nitrogens with zero attached hydrogens (tertiary/aromatic N) is 4. The second-order valence-electron chi connectivity index (χ2n) is 11.9. The Bertz CT molecular complexity index is 1320. The van der Waals surface area contributed by atoms with Crippen molar-refractivity contribution in [2.75, 3.05) is 57.3 Å². The third kappa shape index (κ3) is 6.95. The van der Waals surface area contributed by atoms with Crippen molar-refractivity contribution < 1.29 is 19.1 Å². The van der Waals surface area contributed by atoms with Gasteiger partial charge in [0, 0.05) is 86.3 Å². The van der Waals surface area contributed by atoms with Crippen LogP contribution in [0, 0.1) is 25.7 Å². The van der Waals surface area contributed by atoms with E-state index in [0.717, 1.165) is 66.0 Å². The Labute approximate surface area is 262 Å². The van der Waals surface area contributed by atoms with Gasteiger partial charge in [0.15, 0.2) is 0 Å². The van der Waals surface area contributed by atoms with Crippen LogP contribution in [-0.4, -0.2) is 91.1 Å². The molecule has 0 spiro atoms. The fraction of sp³-hybridized carbons (Fsp3) is 0.531. The molecule has 0 aromatic heterocycles. The first-order chi connectivity index (χ1) is 20.1. The van der Waals surface area contributed by atoms with Crippen LogP contribution < -0.4 is 4.90 Å². The van der Waals surface area contributed by atoms with Crippen LogP contribution in [0.1, 0.15) is 47.7 Å². The number of likely N-dealkylation sites (tertiary alicyclic amines) is 3. The second kappa shape index (κ2) is 13.3. The largest absolute Gasteiger partial charge is 0.446 e. The van der Waals surface area contributed by atoms with Crippen LogP contribution in [0.4, 0.5) is 10.5 Å². The molecule has 0 saturated carbocycles. The smallest absolute Gasteiger partial charge is 0.414 e. The SMILES string of the molecule is CC(=O)N1CCC(OC(=O)N(CCCN2CC3CN(C(=O)c4cccc(Br)c4C)CC3C2)c2ccc(C)c(Cl)c2)CC1. The summed E-state index contributed by atoms with van der Waals surface area (Å²) in [7, 11) is 0. The summed E-state index contributed by atoms with van der Waals surface area (Å²) in [5.41, 5.74) is 3.44. The van der Waals surface area contributed by atoms with Crippen molar-refractivity contribution >= 4 is 51.1 Å². The molecule has 0 N–H and O–H groups in total. The van der Waals surface area contributed by atoms with E-state index >= 15 is 0 Å². The van der Waals surface area contributed by atoms with Crippen LogP contribution in [0.15, 0.2) is 40.9 Å². The molecule has 10 heteroatoms. The van der Waals surface area contributed by atoms with E-state index in [4.69, 9.17) is 16.3 Å².